The zero-order chi connectivity index (χ0) is 30.3. The van der Waals surface area contributed by atoms with Crippen molar-refractivity contribution in [1.29, 1.82) is 0 Å². The quantitative estimate of drug-likeness (QED) is 0.238. The van der Waals surface area contributed by atoms with E-state index in [0.717, 1.165) is 37.4 Å². The van der Waals surface area contributed by atoms with Gasteiger partial charge in [-0.15, -0.1) is 11.3 Å². The van der Waals surface area contributed by atoms with Crippen LogP contribution in [0.15, 0.2) is 67.1 Å². The monoisotopic (exact) mass is 567 g/mol. The third-order valence-electron chi connectivity index (χ3n) is 7.62. The van der Waals surface area contributed by atoms with Crippen molar-refractivity contribution in [2.45, 2.75) is 93.2 Å². The van der Waals surface area contributed by atoms with Crippen LogP contribution in [-0.2, 0) is 6.54 Å². The van der Waals surface area contributed by atoms with Crippen molar-refractivity contribution in [3.05, 3.63) is 78.4 Å². The number of thiazole rings is 1. The van der Waals surface area contributed by atoms with E-state index in [1.807, 2.05) is 5.51 Å². The van der Waals surface area contributed by atoms with Crippen LogP contribution < -0.4 is 16.8 Å². The lowest BCUT2D eigenvalue weighted by atomic mass is 9.80. The fourth-order valence-electron chi connectivity index (χ4n) is 4.70. The van der Waals surface area contributed by atoms with Crippen LogP contribution in [0.2, 0.25) is 0 Å². The highest BCUT2D eigenvalue weighted by atomic mass is 32.1. The summed E-state index contributed by atoms with van der Waals surface area (Å²) in [5, 5.41) is 3.60. The third-order valence-corrected chi connectivity index (χ3v) is 8.60. The van der Waals surface area contributed by atoms with Gasteiger partial charge in [-0.1, -0.05) is 105 Å². The highest BCUT2D eigenvalue weighted by Gasteiger charge is 2.36. The summed E-state index contributed by atoms with van der Waals surface area (Å²) in [6.45, 7) is 30.5. The molecule has 2 heterocycles. The lowest BCUT2D eigenvalue weighted by Gasteiger charge is -2.38. The summed E-state index contributed by atoms with van der Waals surface area (Å²) in [6, 6.07) is 9.10. The van der Waals surface area contributed by atoms with E-state index in [2.05, 4.69) is 113 Å². The highest BCUT2D eigenvalue weighted by Crippen LogP contribution is 2.38. The molecule has 1 aromatic heterocycles. The first-order valence-electron chi connectivity index (χ1n) is 14.8. The summed E-state index contributed by atoms with van der Waals surface area (Å²) < 4.78 is 0. The van der Waals surface area contributed by atoms with Gasteiger partial charge in [0.1, 0.15) is 0 Å². The van der Waals surface area contributed by atoms with Gasteiger partial charge in [0, 0.05) is 30.4 Å². The predicted octanol–water partition coefficient (Wildman–Crippen LogP) is 8.24. The molecule has 0 saturated carbocycles. The van der Waals surface area contributed by atoms with Gasteiger partial charge in [-0.05, 0) is 55.0 Å². The maximum atomic E-state index is 5.27. The number of aromatic nitrogens is 1. The lowest BCUT2D eigenvalue weighted by Crippen LogP contribution is -2.38. The number of benzene rings is 1. The molecule has 1 saturated heterocycles. The first-order chi connectivity index (χ1) is 18.9. The van der Waals surface area contributed by atoms with Gasteiger partial charge < -0.3 is 21.7 Å². The first kappa shape index (κ1) is 35.5. The van der Waals surface area contributed by atoms with E-state index in [-0.39, 0.29) is 5.41 Å². The van der Waals surface area contributed by atoms with Gasteiger partial charge >= 0.3 is 0 Å². The number of unbranched alkanes of at least 4 members (excludes halogenated alkanes) is 3. The summed E-state index contributed by atoms with van der Waals surface area (Å²) in [4.78, 5) is 8.10. The lowest BCUT2D eigenvalue weighted by molar-refractivity contribution is 0.219. The van der Waals surface area contributed by atoms with Gasteiger partial charge in [-0.25, -0.2) is 4.98 Å². The summed E-state index contributed by atoms with van der Waals surface area (Å²) >= 11 is 1.70. The van der Waals surface area contributed by atoms with Crippen molar-refractivity contribution in [2.75, 3.05) is 13.1 Å². The van der Waals surface area contributed by atoms with Crippen LogP contribution in [0.5, 0.6) is 0 Å². The van der Waals surface area contributed by atoms with E-state index < -0.39 is 0 Å². The van der Waals surface area contributed by atoms with Crippen molar-refractivity contribution in [3.8, 4) is 10.4 Å². The number of hydrogen-bond donors (Lipinski definition) is 3. The Balaban J connectivity index is 0.000000687. The number of likely N-dealkylation sites (tertiary alicyclic amines) is 1. The number of nitrogens with two attached hydrogens (primary N) is 2. The SMILES string of the molecule is C=C(NCc1ccc(-c2scnc2C)cc1)C1C[C@@H](C)CN1C(=C)[C@@H](C)C(C)(C)C.C=CN.CCCCCCN. The fraction of sp³-hybridized carbons (Fsp3) is 0.559. The predicted molar refractivity (Wildman–Crippen MR) is 178 cm³/mol. The van der Waals surface area contributed by atoms with Crippen LogP contribution in [-0.4, -0.2) is 29.0 Å². The van der Waals surface area contributed by atoms with Crippen molar-refractivity contribution in [1.82, 2.24) is 15.2 Å². The number of hydrogen-bond acceptors (Lipinski definition) is 6. The van der Waals surface area contributed by atoms with E-state index in [0.29, 0.717) is 17.9 Å². The molecule has 0 amide bonds. The molecule has 5 N–H and O–H groups in total. The van der Waals surface area contributed by atoms with Gasteiger partial charge in [0.2, 0.25) is 0 Å². The van der Waals surface area contributed by atoms with Crippen molar-refractivity contribution >= 4 is 11.3 Å². The zero-order valence-electron chi connectivity index (χ0n) is 26.4. The standard InChI is InChI=1S/C26H37N3S.C6H15N.C2H5N/c1-17-13-24(29(15-17)21(5)18(2)26(6,7)8)19(3)27-14-22-9-11-23(12-10-22)25-20(4)28-16-30-25;1-2-3-4-5-6-7;1-2-3/h9-12,16-18,24,27H,3,5,13-15H2,1-2,4,6-8H3;2-7H2,1H3;2H,1,3H2/t17-,18-,24?;;/m1../s1. The summed E-state index contributed by atoms with van der Waals surface area (Å²) in [5.74, 6) is 1.08. The maximum absolute atomic E-state index is 5.27. The number of nitrogens with one attached hydrogen (secondary N) is 1. The Morgan fingerprint density at radius 1 is 1.20 bits per heavy atom. The first-order valence-corrected chi connectivity index (χ1v) is 15.7. The van der Waals surface area contributed by atoms with Gasteiger partial charge in [0.15, 0.2) is 0 Å². The molecule has 0 radical (unpaired) electrons. The summed E-state index contributed by atoms with van der Waals surface area (Å²) in [7, 11) is 0. The average Bonchev–Trinajstić information content (AvgIpc) is 3.52. The number of aryl methyl sites for hydroxylation is 1. The Hall–Kier alpha value is -2.57. The molecule has 1 aliphatic rings. The summed E-state index contributed by atoms with van der Waals surface area (Å²) in [5.41, 5.74) is 17.9. The van der Waals surface area contributed by atoms with Crippen molar-refractivity contribution < 1.29 is 0 Å². The Morgan fingerprint density at radius 3 is 2.33 bits per heavy atom. The van der Waals surface area contributed by atoms with Gasteiger partial charge in [-0.3, -0.25) is 0 Å². The summed E-state index contributed by atoms with van der Waals surface area (Å²) in [6.07, 6.45) is 7.54. The molecule has 40 heavy (non-hydrogen) atoms. The molecule has 3 rings (SSSR count). The minimum Gasteiger partial charge on any atom is -0.405 e. The molecule has 5 nitrogen and oxygen atoms in total. The van der Waals surface area contributed by atoms with Crippen LogP contribution in [0.4, 0.5) is 0 Å². The molecular weight excluding hydrogens is 510 g/mol. The molecule has 3 atom stereocenters. The molecule has 224 valence electrons. The average molecular weight is 568 g/mol. The van der Waals surface area contributed by atoms with Crippen LogP contribution in [0.1, 0.15) is 84.9 Å². The molecule has 0 aliphatic carbocycles. The van der Waals surface area contributed by atoms with Gasteiger partial charge in [-0.2, -0.15) is 0 Å². The van der Waals surface area contributed by atoms with E-state index >= 15 is 0 Å². The van der Waals surface area contributed by atoms with Crippen LogP contribution in [0.25, 0.3) is 10.4 Å². The molecule has 1 fully saturated rings. The second-order valence-corrected chi connectivity index (χ2v) is 12.9. The Kier molecular flexibility index (Phi) is 15.9. The minimum atomic E-state index is 0.209. The maximum Gasteiger partial charge on any atom is 0.0801 e. The topological polar surface area (TPSA) is 80.2 Å². The smallest absolute Gasteiger partial charge is 0.0801 e. The molecule has 1 unspecified atom stereocenters. The molecule has 1 aromatic carbocycles. The number of rotatable bonds is 11. The van der Waals surface area contributed by atoms with E-state index in [9.17, 15) is 0 Å². The zero-order valence-corrected chi connectivity index (χ0v) is 27.2. The highest BCUT2D eigenvalue weighted by molar-refractivity contribution is 7.13. The molecule has 1 aliphatic heterocycles. The van der Waals surface area contributed by atoms with Crippen LogP contribution >= 0.6 is 11.3 Å². The van der Waals surface area contributed by atoms with Crippen molar-refractivity contribution in [2.24, 2.45) is 28.7 Å². The minimum absolute atomic E-state index is 0.209. The third kappa shape index (κ3) is 11.5. The molecule has 0 spiro atoms. The van der Waals surface area contributed by atoms with Gasteiger partial charge in [0.05, 0.1) is 22.1 Å². The number of nitrogens with zero attached hydrogens (tertiary/aromatic N) is 2. The second-order valence-electron chi connectivity index (χ2n) is 12.0. The van der Waals surface area contributed by atoms with Crippen LogP contribution in [0, 0.1) is 24.2 Å². The molecule has 2 aromatic rings. The Bertz CT molecular complexity index is 1010. The molecule has 0 bridgehead atoms. The normalized spacial score (nSPS) is 17.1. The van der Waals surface area contributed by atoms with E-state index in [1.165, 1.54) is 53.6 Å². The van der Waals surface area contributed by atoms with E-state index in [4.69, 9.17) is 5.73 Å². The number of allylic oxidation sites excluding steroid dienone is 1. The molecular formula is C34H57N5S. The van der Waals surface area contributed by atoms with E-state index in [1.54, 1.807) is 11.3 Å². The largest absolute Gasteiger partial charge is 0.405 e. The van der Waals surface area contributed by atoms with Crippen molar-refractivity contribution in [3.63, 3.8) is 0 Å². The Labute approximate surface area is 249 Å². The fourth-order valence-corrected chi connectivity index (χ4v) is 5.51. The van der Waals surface area contributed by atoms with Crippen LogP contribution in [0.3, 0.4) is 0 Å². The van der Waals surface area contributed by atoms with Gasteiger partial charge in [0.25, 0.3) is 0 Å². The Morgan fingerprint density at radius 2 is 1.82 bits per heavy atom. The molecule has 6 heteroatoms. The second kappa shape index (κ2) is 18.0.